The molecule has 576 valence electrons. The Morgan fingerprint density at radius 2 is 0.860 bits per heavy atom. The Balaban J connectivity index is 0.000000258. The second-order valence-electron chi connectivity index (χ2n) is 32.7. The fourth-order valence-corrected chi connectivity index (χ4v) is 15.6. The van der Waals surface area contributed by atoms with Gasteiger partial charge in [-0.25, -0.2) is 0 Å². The highest BCUT2D eigenvalue weighted by atomic mass is 16.6. The molecular formula is C82H140O18. The molecule has 0 saturated heterocycles. The minimum atomic E-state index is -0.716. The second-order valence-corrected chi connectivity index (χ2v) is 32.7. The number of rotatable bonds is 21. The van der Waals surface area contributed by atoms with Crippen LogP contribution in [0.2, 0.25) is 0 Å². The molecular weight excluding hydrogens is 1270 g/mol. The Hall–Kier alpha value is -4.20. The van der Waals surface area contributed by atoms with Crippen LogP contribution in [0.3, 0.4) is 0 Å². The van der Waals surface area contributed by atoms with E-state index >= 15 is 0 Å². The number of aliphatic carboxylic acids is 1. The number of unbranched alkanes of at least 4 members (excludes halogenated alkanes) is 1. The fraction of sp³-hybridized carbons (Fsp3) is 0.854. The molecule has 7 N–H and O–H groups in total. The summed E-state index contributed by atoms with van der Waals surface area (Å²) in [7, 11) is 0. The van der Waals surface area contributed by atoms with Crippen LogP contribution in [-0.4, -0.2) is 134 Å². The monoisotopic (exact) mass is 1410 g/mol. The molecule has 3 unspecified atom stereocenters. The Bertz CT molecular complexity index is 2390. The number of ether oxygens (including phenoxy) is 5. The van der Waals surface area contributed by atoms with Gasteiger partial charge in [-0.3, -0.25) is 28.8 Å². The lowest BCUT2D eigenvalue weighted by Crippen LogP contribution is -2.36. The van der Waals surface area contributed by atoms with E-state index in [-0.39, 0.29) is 113 Å². The summed E-state index contributed by atoms with van der Waals surface area (Å²) < 4.78 is 27.2. The maximum absolute atomic E-state index is 12.2. The number of esters is 5. The molecule has 0 radical (unpaired) electrons. The van der Waals surface area contributed by atoms with Crippen molar-refractivity contribution in [3.63, 3.8) is 0 Å². The van der Waals surface area contributed by atoms with Crippen molar-refractivity contribution in [1.29, 1.82) is 0 Å². The van der Waals surface area contributed by atoms with Gasteiger partial charge in [-0.15, -0.1) is 0 Å². The van der Waals surface area contributed by atoms with Gasteiger partial charge in [-0.2, -0.15) is 0 Å². The lowest BCUT2D eigenvalue weighted by Gasteiger charge is -2.39. The number of carboxylic acid groups (broad SMARTS) is 1. The molecule has 18 heteroatoms. The van der Waals surface area contributed by atoms with Crippen LogP contribution in [0.15, 0.2) is 24.3 Å². The van der Waals surface area contributed by atoms with E-state index in [1.54, 1.807) is 0 Å². The molecule has 8 fully saturated rings. The molecule has 100 heavy (non-hydrogen) atoms. The predicted octanol–water partition coefficient (Wildman–Crippen LogP) is 15.7. The van der Waals surface area contributed by atoms with E-state index in [1.165, 1.54) is 50.5 Å². The van der Waals surface area contributed by atoms with Crippen LogP contribution >= 0.6 is 0 Å². The number of carboxylic acids is 1. The van der Waals surface area contributed by atoms with Gasteiger partial charge in [-0.1, -0.05) is 113 Å². The summed E-state index contributed by atoms with van der Waals surface area (Å²) in [6, 6.07) is 8.22. The standard InChI is InChI=1S/C17H30O3.C17H24O3.C16H28O3.C15H28O3.C10H18O3.C7H12O3/c2*1-12(2)14-5-3-13(4-6-14)11-20-17(19)15-7-9-16(18)10-8-15;1-11-8-14(10-16(2,3)9-11)19-15(18)12-4-6-13(17)7-5-12;1-3-5-6-12(4-2)11-18-15(17)13-7-9-14(16)10-8-13;1-2-7-13-10(12)8-3-5-9(11)6-4-8;8-6-3-1-5(2-4-6)7(9)10/h12-16,18H,3-11H2,1-2H3;3-6,12,15-16,18H,7-11H2,1-2H3;11-14,17H,4-10H2,1-3H3;12-14,16H,3-11H2,1-2H3;8-9,11H,2-7H2,1H3;5-6,8H,1-4H2,(H,9,10). The summed E-state index contributed by atoms with van der Waals surface area (Å²) in [6.07, 6.45) is 30.2. The summed E-state index contributed by atoms with van der Waals surface area (Å²) in [5.74, 6) is 2.75. The number of hydrogen-bond donors (Lipinski definition) is 7. The SMILES string of the molecule is CC(C)C1CCC(COC(=O)C2CCC(O)CC2)CC1.CC(C)c1ccc(COC(=O)C2CCC(O)CC2)cc1.CC1CC(OC(=O)C2CCC(O)CC2)CC(C)(C)C1.CCCCC(CC)COC(=O)C1CCC(O)CC1.CCCOC(=O)C1CCC(O)CC1.O=C(O)C1CCC(O)CC1. The van der Waals surface area contributed by atoms with Crippen molar-refractivity contribution in [2.45, 2.75) is 356 Å². The van der Waals surface area contributed by atoms with Crippen molar-refractivity contribution in [3.05, 3.63) is 35.4 Å². The molecule has 9 rings (SSSR count). The van der Waals surface area contributed by atoms with Crippen LogP contribution < -0.4 is 0 Å². The molecule has 0 aliphatic heterocycles. The maximum atomic E-state index is 12.2. The Kier molecular flexibility index (Phi) is 42.3. The number of aliphatic hydroxyl groups is 6. The van der Waals surface area contributed by atoms with E-state index in [0.717, 1.165) is 165 Å². The highest BCUT2D eigenvalue weighted by Crippen LogP contribution is 2.41. The van der Waals surface area contributed by atoms with Crippen LogP contribution in [0, 0.1) is 70.5 Å². The highest BCUT2D eigenvalue weighted by molar-refractivity contribution is 5.74. The summed E-state index contributed by atoms with van der Waals surface area (Å²) in [6.45, 7) is 24.1. The molecule has 8 saturated carbocycles. The van der Waals surface area contributed by atoms with Crippen LogP contribution in [-0.2, 0) is 59.1 Å². The van der Waals surface area contributed by atoms with Gasteiger partial charge in [0.1, 0.15) is 12.7 Å². The number of carbonyl (C=O) groups is 6. The Labute approximate surface area is 602 Å². The third-order valence-corrected chi connectivity index (χ3v) is 22.6. The first kappa shape index (κ1) is 88.2. The van der Waals surface area contributed by atoms with Gasteiger partial charge in [0.2, 0.25) is 0 Å². The van der Waals surface area contributed by atoms with Gasteiger partial charge in [-0.05, 0) is 264 Å². The molecule has 1 aromatic carbocycles. The van der Waals surface area contributed by atoms with Gasteiger partial charge in [0, 0.05) is 0 Å². The minimum absolute atomic E-state index is 0.0174. The van der Waals surface area contributed by atoms with Crippen molar-refractivity contribution in [1.82, 2.24) is 0 Å². The van der Waals surface area contributed by atoms with E-state index in [9.17, 15) is 54.3 Å². The summed E-state index contributed by atoms with van der Waals surface area (Å²) >= 11 is 0. The van der Waals surface area contributed by atoms with Crippen molar-refractivity contribution in [2.24, 2.45) is 70.5 Å². The second kappa shape index (κ2) is 48.0. The predicted molar refractivity (Wildman–Crippen MR) is 389 cm³/mol. The zero-order valence-electron chi connectivity index (χ0n) is 63.7. The molecule has 0 spiro atoms. The molecule has 8 aliphatic carbocycles. The van der Waals surface area contributed by atoms with E-state index in [1.807, 2.05) is 19.1 Å². The Morgan fingerprint density at radius 1 is 0.470 bits per heavy atom. The van der Waals surface area contributed by atoms with Crippen LogP contribution in [0.4, 0.5) is 0 Å². The van der Waals surface area contributed by atoms with E-state index in [4.69, 9.17) is 33.9 Å². The van der Waals surface area contributed by atoms with E-state index < -0.39 is 5.97 Å². The number of benzene rings is 1. The van der Waals surface area contributed by atoms with E-state index in [2.05, 4.69) is 74.4 Å². The van der Waals surface area contributed by atoms with Crippen molar-refractivity contribution in [2.75, 3.05) is 19.8 Å². The minimum Gasteiger partial charge on any atom is -0.481 e. The normalized spacial score (nSPS) is 30.6. The summed E-state index contributed by atoms with van der Waals surface area (Å²) in [5, 5.41) is 64.6. The number of carbonyl (C=O) groups excluding carboxylic acids is 5. The molecule has 1 aromatic rings. The molecule has 0 bridgehead atoms. The largest absolute Gasteiger partial charge is 0.481 e. The highest BCUT2D eigenvalue weighted by Gasteiger charge is 2.37. The van der Waals surface area contributed by atoms with Crippen LogP contribution in [0.25, 0.3) is 0 Å². The number of aliphatic hydroxyl groups excluding tert-OH is 6. The lowest BCUT2D eigenvalue weighted by atomic mass is 9.71. The summed E-state index contributed by atoms with van der Waals surface area (Å²) in [4.78, 5) is 69.8. The van der Waals surface area contributed by atoms with Gasteiger partial charge in [0.25, 0.3) is 0 Å². The van der Waals surface area contributed by atoms with Gasteiger partial charge in [0.05, 0.1) is 92.0 Å². The third-order valence-electron chi connectivity index (χ3n) is 22.6. The molecule has 3 atom stereocenters. The average molecular weight is 1410 g/mol. The first-order valence-electron chi connectivity index (χ1n) is 39.8. The molecule has 0 amide bonds. The maximum Gasteiger partial charge on any atom is 0.309 e. The topological polar surface area (TPSA) is 290 Å². The average Bonchev–Trinajstić information content (AvgIpc) is 0.841. The number of hydrogen-bond acceptors (Lipinski definition) is 17. The zero-order valence-corrected chi connectivity index (χ0v) is 63.7. The van der Waals surface area contributed by atoms with Crippen LogP contribution in [0.5, 0.6) is 0 Å². The molecule has 0 aromatic heterocycles. The van der Waals surface area contributed by atoms with Gasteiger partial charge in [0.15, 0.2) is 0 Å². The van der Waals surface area contributed by atoms with Crippen molar-refractivity contribution < 1.29 is 88.2 Å². The van der Waals surface area contributed by atoms with Crippen LogP contribution in [0.1, 0.15) is 317 Å². The quantitative estimate of drug-likeness (QED) is 0.0445. The molecule has 18 nitrogen and oxygen atoms in total. The van der Waals surface area contributed by atoms with Crippen molar-refractivity contribution >= 4 is 35.8 Å². The Morgan fingerprint density at radius 3 is 1.23 bits per heavy atom. The third kappa shape index (κ3) is 35.5. The first-order valence-corrected chi connectivity index (χ1v) is 39.8. The fourth-order valence-electron chi connectivity index (χ4n) is 15.6. The van der Waals surface area contributed by atoms with Crippen molar-refractivity contribution in [3.8, 4) is 0 Å². The first-order chi connectivity index (χ1) is 47.6. The zero-order chi connectivity index (χ0) is 73.7. The lowest BCUT2D eigenvalue weighted by molar-refractivity contribution is -0.160. The van der Waals surface area contributed by atoms with Gasteiger partial charge >= 0.3 is 35.8 Å². The smallest absolute Gasteiger partial charge is 0.309 e. The molecule has 0 heterocycles. The molecule has 8 aliphatic rings. The summed E-state index contributed by atoms with van der Waals surface area (Å²) in [5.41, 5.74) is 2.60. The van der Waals surface area contributed by atoms with Gasteiger partial charge < -0.3 is 59.4 Å². The van der Waals surface area contributed by atoms with E-state index in [0.29, 0.717) is 88.6 Å².